The molecule has 0 bridgehead atoms. The van der Waals surface area contributed by atoms with E-state index in [1.165, 1.54) is 5.56 Å². The van der Waals surface area contributed by atoms with E-state index in [1.807, 2.05) is 11.0 Å². The largest absolute Gasteiger partial charge is 0.481 e. The van der Waals surface area contributed by atoms with Gasteiger partial charge in [0.25, 0.3) is 5.91 Å². The number of amides is 2. The minimum atomic E-state index is -0.976. The molecule has 1 heterocycles. The van der Waals surface area contributed by atoms with Gasteiger partial charge in [-0.3, -0.25) is 14.4 Å². The first kappa shape index (κ1) is 24.5. The van der Waals surface area contributed by atoms with Gasteiger partial charge in [-0.15, -0.1) is 0 Å². The molecule has 35 heavy (non-hydrogen) atoms. The third kappa shape index (κ3) is 5.56. The summed E-state index contributed by atoms with van der Waals surface area (Å²) >= 11 is 0. The molecule has 4 rings (SSSR count). The van der Waals surface area contributed by atoms with Crippen LogP contribution in [-0.4, -0.2) is 54.0 Å². The molecule has 184 valence electrons. The van der Waals surface area contributed by atoms with Crippen LogP contribution in [0.2, 0.25) is 0 Å². The molecule has 0 aromatic heterocycles. The smallest absolute Gasteiger partial charge is 0.307 e. The third-order valence-corrected chi connectivity index (χ3v) is 6.99. The average Bonchev–Trinajstić information content (AvgIpc) is 2.88. The highest BCUT2D eigenvalue weighted by atomic mass is 16.4. The maximum Gasteiger partial charge on any atom is 0.307 e. The van der Waals surface area contributed by atoms with Gasteiger partial charge in [0, 0.05) is 31.9 Å². The van der Waals surface area contributed by atoms with Gasteiger partial charge in [-0.25, -0.2) is 0 Å². The van der Waals surface area contributed by atoms with Crippen molar-refractivity contribution in [3.63, 3.8) is 0 Å². The summed E-state index contributed by atoms with van der Waals surface area (Å²) in [6.45, 7) is 6.99. The number of benzene rings is 2. The number of nitrogens with zero attached hydrogens (tertiary/aromatic N) is 2. The number of anilines is 2. The van der Waals surface area contributed by atoms with Gasteiger partial charge < -0.3 is 20.2 Å². The number of aliphatic carboxylic acids is 1. The minimum absolute atomic E-state index is 0.131. The van der Waals surface area contributed by atoms with Crippen LogP contribution in [0, 0.1) is 11.8 Å². The SMILES string of the molecule is CC(C)c1ccc(N2CCN(C(=O)c3ccccc3NC(=O)[C@H]3CC=CC[C@@H]3C(=O)O)CC2)cc1. The summed E-state index contributed by atoms with van der Waals surface area (Å²) in [5, 5.41) is 12.3. The van der Waals surface area contributed by atoms with E-state index >= 15 is 0 Å². The summed E-state index contributed by atoms with van der Waals surface area (Å²) in [6.07, 6.45) is 4.35. The number of rotatable bonds is 6. The second-order valence-electron chi connectivity index (χ2n) is 9.55. The van der Waals surface area contributed by atoms with Gasteiger partial charge in [0.1, 0.15) is 0 Å². The summed E-state index contributed by atoms with van der Waals surface area (Å²) < 4.78 is 0. The predicted molar refractivity (Wildman–Crippen MR) is 137 cm³/mol. The van der Waals surface area contributed by atoms with Crippen molar-refractivity contribution in [1.82, 2.24) is 4.90 Å². The fraction of sp³-hybridized carbons (Fsp3) is 0.393. The second kappa shape index (κ2) is 10.8. The van der Waals surface area contributed by atoms with Crippen LogP contribution in [0.4, 0.5) is 11.4 Å². The van der Waals surface area contributed by atoms with Gasteiger partial charge >= 0.3 is 5.97 Å². The van der Waals surface area contributed by atoms with E-state index in [1.54, 1.807) is 30.3 Å². The van der Waals surface area contributed by atoms with Gasteiger partial charge in [-0.1, -0.05) is 50.3 Å². The highest BCUT2D eigenvalue weighted by Gasteiger charge is 2.34. The van der Waals surface area contributed by atoms with E-state index in [-0.39, 0.29) is 11.8 Å². The van der Waals surface area contributed by atoms with Crippen molar-refractivity contribution in [3.05, 3.63) is 71.8 Å². The molecule has 1 aliphatic heterocycles. The lowest BCUT2D eigenvalue weighted by atomic mass is 9.82. The van der Waals surface area contributed by atoms with Crippen LogP contribution in [0.5, 0.6) is 0 Å². The first-order chi connectivity index (χ1) is 16.8. The highest BCUT2D eigenvalue weighted by molar-refractivity contribution is 6.04. The fourth-order valence-corrected chi connectivity index (χ4v) is 4.79. The Labute approximate surface area is 206 Å². The quantitative estimate of drug-likeness (QED) is 0.606. The zero-order chi connectivity index (χ0) is 24.9. The number of hydrogen-bond acceptors (Lipinski definition) is 4. The van der Waals surface area contributed by atoms with E-state index in [0.717, 1.165) is 18.8 Å². The molecular weight excluding hydrogens is 442 g/mol. The number of piperazine rings is 1. The molecule has 0 saturated carbocycles. The first-order valence-corrected chi connectivity index (χ1v) is 12.3. The maximum atomic E-state index is 13.4. The molecule has 2 N–H and O–H groups in total. The predicted octanol–water partition coefficient (Wildman–Crippen LogP) is 4.38. The topological polar surface area (TPSA) is 90.0 Å². The van der Waals surface area contributed by atoms with Crippen LogP contribution in [-0.2, 0) is 9.59 Å². The zero-order valence-electron chi connectivity index (χ0n) is 20.3. The van der Waals surface area contributed by atoms with Gasteiger partial charge in [0.15, 0.2) is 0 Å². The Morgan fingerprint density at radius 3 is 2.14 bits per heavy atom. The highest BCUT2D eigenvalue weighted by Crippen LogP contribution is 2.28. The lowest BCUT2D eigenvalue weighted by Crippen LogP contribution is -2.49. The van der Waals surface area contributed by atoms with E-state index in [9.17, 15) is 19.5 Å². The number of carbonyl (C=O) groups is 3. The normalized spacial score (nSPS) is 20.1. The molecule has 0 spiro atoms. The van der Waals surface area contributed by atoms with Crippen molar-refractivity contribution >= 4 is 29.2 Å². The number of carboxylic acids is 1. The van der Waals surface area contributed by atoms with Gasteiger partial charge in [-0.2, -0.15) is 0 Å². The van der Waals surface area contributed by atoms with Crippen molar-refractivity contribution in [3.8, 4) is 0 Å². The summed E-state index contributed by atoms with van der Waals surface area (Å²) in [7, 11) is 0. The number of para-hydroxylation sites is 1. The Kier molecular flexibility index (Phi) is 7.54. The molecule has 1 aliphatic carbocycles. The molecule has 1 fully saturated rings. The van der Waals surface area contributed by atoms with E-state index in [4.69, 9.17) is 0 Å². The monoisotopic (exact) mass is 475 g/mol. The molecule has 7 nitrogen and oxygen atoms in total. The Bertz CT molecular complexity index is 1100. The Balaban J connectivity index is 1.41. The van der Waals surface area contributed by atoms with Crippen molar-refractivity contribution < 1.29 is 19.5 Å². The molecule has 1 saturated heterocycles. The number of nitrogens with one attached hydrogen (secondary N) is 1. The van der Waals surface area contributed by atoms with Crippen molar-refractivity contribution in [2.75, 3.05) is 36.4 Å². The van der Waals surface area contributed by atoms with Gasteiger partial charge in [0.05, 0.1) is 23.1 Å². The number of carbonyl (C=O) groups excluding carboxylic acids is 2. The number of carboxylic acid groups (broad SMARTS) is 1. The first-order valence-electron chi connectivity index (χ1n) is 12.3. The third-order valence-electron chi connectivity index (χ3n) is 6.99. The second-order valence-corrected chi connectivity index (χ2v) is 9.55. The molecule has 0 radical (unpaired) electrons. The number of hydrogen-bond donors (Lipinski definition) is 2. The average molecular weight is 476 g/mol. The summed E-state index contributed by atoms with van der Waals surface area (Å²) in [5.41, 5.74) is 3.31. The number of allylic oxidation sites excluding steroid dienone is 2. The summed E-state index contributed by atoms with van der Waals surface area (Å²) in [4.78, 5) is 42.0. The molecule has 2 aromatic rings. The van der Waals surface area contributed by atoms with Crippen molar-refractivity contribution in [2.24, 2.45) is 11.8 Å². The maximum absolute atomic E-state index is 13.4. The summed E-state index contributed by atoms with van der Waals surface area (Å²) in [5.74, 6) is -2.40. The molecule has 2 aliphatic rings. The summed E-state index contributed by atoms with van der Waals surface area (Å²) in [6, 6.07) is 15.6. The van der Waals surface area contributed by atoms with Crippen LogP contribution >= 0.6 is 0 Å². The lowest BCUT2D eigenvalue weighted by molar-refractivity contribution is -0.146. The van der Waals surface area contributed by atoms with Gasteiger partial charge in [-0.05, 0) is 48.6 Å². The van der Waals surface area contributed by atoms with Gasteiger partial charge in [0.2, 0.25) is 5.91 Å². The lowest BCUT2D eigenvalue weighted by Gasteiger charge is -2.36. The Hall–Kier alpha value is -3.61. The zero-order valence-corrected chi connectivity index (χ0v) is 20.3. The van der Waals surface area contributed by atoms with Crippen LogP contribution in [0.3, 0.4) is 0 Å². The van der Waals surface area contributed by atoms with E-state index in [0.29, 0.717) is 43.1 Å². The molecule has 2 amide bonds. The Morgan fingerprint density at radius 2 is 1.51 bits per heavy atom. The molecule has 2 atom stereocenters. The van der Waals surface area contributed by atoms with Crippen molar-refractivity contribution in [1.29, 1.82) is 0 Å². The van der Waals surface area contributed by atoms with Crippen LogP contribution in [0.15, 0.2) is 60.7 Å². The molecule has 0 unspecified atom stereocenters. The molecule has 7 heteroatoms. The van der Waals surface area contributed by atoms with Crippen LogP contribution in [0.25, 0.3) is 0 Å². The fourth-order valence-electron chi connectivity index (χ4n) is 4.79. The minimum Gasteiger partial charge on any atom is -0.481 e. The Morgan fingerprint density at radius 1 is 0.886 bits per heavy atom. The van der Waals surface area contributed by atoms with E-state index in [2.05, 4.69) is 48.3 Å². The van der Waals surface area contributed by atoms with E-state index < -0.39 is 17.8 Å². The standard InChI is InChI=1S/C28H33N3O4/c1-19(2)20-11-13-21(14-12-20)30-15-17-31(18-16-30)27(33)24-9-5-6-10-25(24)29-26(32)22-7-3-4-8-23(22)28(34)35/h3-6,9-14,19,22-23H,7-8,15-18H2,1-2H3,(H,29,32)(H,34,35)/t22-,23-/m0/s1. The van der Waals surface area contributed by atoms with Crippen molar-refractivity contribution in [2.45, 2.75) is 32.6 Å². The molecular formula is C28H33N3O4. The van der Waals surface area contributed by atoms with Crippen LogP contribution < -0.4 is 10.2 Å². The van der Waals surface area contributed by atoms with Crippen LogP contribution in [0.1, 0.15) is 48.5 Å². The molecule has 2 aromatic carbocycles.